The summed E-state index contributed by atoms with van der Waals surface area (Å²) in [5.41, 5.74) is 7.26. The Morgan fingerprint density at radius 3 is 1.47 bits per heavy atom. The van der Waals surface area contributed by atoms with Crippen molar-refractivity contribution in [2.75, 3.05) is 13.6 Å². The molecular weight excluding hydrogens is 530 g/mol. The summed E-state index contributed by atoms with van der Waals surface area (Å²) in [6, 6.07) is -0.152. The molecule has 0 saturated carbocycles. The van der Waals surface area contributed by atoms with Crippen LogP contribution in [0.3, 0.4) is 0 Å². The summed E-state index contributed by atoms with van der Waals surface area (Å²) >= 11 is 0. The standard InChI is InChI=1S/C20H37NO.C5H11NO.C4H9N.C3H8.3C2H6/c1-6-10-14-18(15-11-7-2)17(5)21-20(13-9-4)19(16-22)12-8-3;1-4(2)5(6)3-7;1-3-4-5-2;1-3-2;3*1-2/h12,16,18,20-21H,5-11,13-15H2,1-4H3;3-5H,6H2,1-2H3;3,5H,1,4H2,2H3;3H2,1-2H3;3*1-2H3/b19-12-;;;;;;. The van der Waals surface area contributed by atoms with E-state index < -0.39 is 0 Å². The Kier molecular flexibility index (Phi) is 74.4. The first kappa shape index (κ1) is 57.0. The molecule has 0 fully saturated rings. The van der Waals surface area contributed by atoms with Crippen LogP contribution in [-0.2, 0) is 9.59 Å². The zero-order valence-electron chi connectivity index (χ0n) is 32.2. The van der Waals surface area contributed by atoms with E-state index in [1.165, 1.54) is 44.9 Å². The maximum atomic E-state index is 11.4. The van der Waals surface area contributed by atoms with E-state index in [-0.39, 0.29) is 18.0 Å². The van der Waals surface area contributed by atoms with Gasteiger partial charge in [-0.1, -0.05) is 154 Å². The molecule has 2 unspecified atom stereocenters. The van der Waals surface area contributed by atoms with Crippen LogP contribution in [0.5, 0.6) is 0 Å². The number of carbonyl (C=O) groups is 2. The Morgan fingerprint density at radius 2 is 1.26 bits per heavy atom. The van der Waals surface area contributed by atoms with Crippen LogP contribution in [-0.4, -0.2) is 38.2 Å². The first-order chi connectivity index (χ1) is 20.6. The quantitative estimate of drug-likeness (QED) is 0.0813. The van der Waals surface area contributed by atoms with Crippen molar-refractivity contribution in [1.82, 2.24) is 10.6 Å². The van der Waals surface area contributed by atoms with E-state index >= 15 is 0 Å². The lowest BCUT2D eigenvalue weighted by atomic mass is 9.92. The largest absolute Gasteiger partial charge is 0.382 e. The SMILES string of the molecule is C=C(NC(CCC)/C(C=O)=C\CC)C(CCCC)CCCC.C=CCNC.CC.CC.CC.CC(C)C(N)C=O.CCC. The van der Waals surface area contributed by atoms with Crippen LogP contribution >= 0.6 is 0 Å². The molecule has 0 aliphatic heterocycles. The number of hydrogen-bond donors (Lipinski definition) is 3. The predicted octanol–water partition coefficient (Wildman–Crippen LogP) is 10.8. The lowest BCUT2D eigenvalue weighted by molar-refractivity contribution is -0.109. The fourth-order valence-electron chi connectivity index (χ4n) is 3.16. The molecule has 5 nitrogen and oxygen atoms in total. The fourth-order valence-corrected chi connectivity index (χ4v) is 3.16. The highest BCUT2D eigenvalue weighted by Gasteiger charge is 2.18. The Morgan fingerprint density at radius 1 is 0.814 bits per heavy atom. The van der Waals surface area contributed by atoms with Crippen molar-refractivity contribution in [3.8, 4) is 0 Å². The first-order valence-corrected chi connectivity index (χ1v) is 17.7. The second-order valence-electron chi connectivity index (χ2n) is 9.73. The third-order valence-corrected chi connectivity index (χ3v) is 5.50. The molecular formula is C38H83N3O2. The normalized spacial score (nSPS) is 10.8. The molecule has 0 radical (unpaired) electrons. The Labute approximate surface area is 273 Å². The van der Waals surface area contributed by atoms with Crippen molar-refractivity contribution >= 4 is 12.6 Å². The van der Waals surface area contributed by atoms with Crippen molar-refractivity contribution in [3.63, 3.8) is 0 Å². The van der Waals surface area contributed by atoms with Gasteiger partial charge < -0.3 is 21.2 Å². The first-order valence-electron chi connectivity index (χ1n) is 17.7. The molecule has 43 heavy (non-hydrogen) atoms. The minimum absolute atomic E-state index is 0.126. The number of likely N-dealkylation sites (N-methyl/N-ethyl adjacent to an activating group) is 1. The molecule has 0 aliphatic carbocycles. The summed E-state index contributed by atoms with van der Waals surface area (Å²) in [4.78, 5) is 21.2. The third-order valence-electron chi connectivity index (χ3n) is 5.50. The van der Waals surface area contributed by atoms with Crippen molar-refractivity contribution < 1.29 is 9.59 Å². The van der Waals surface area contributed by atoms with Crippen LogP contribution in [0.2, 0.25) is 0 Å². The van der Waals surface area contributed by atoms with E-state index in [4.69, 9.17) is 5.73 Å². The Balaban J connectivity index is -0.000000100. The van der Waals surface area contributed by atoms with Crippen LogP contribution in [0.25, 0.3) is 0 Å². The molecule has 0 aromatic heterocycles. The summed E-state index contributed by atoms with van der Waals surface area (Å²) < 4.78 is 0. The van der Waals surface area contributed by atoms with Gasteiger partial charge in [-0.3, -0.25) is 4.79 Å². The van der Waals surface area contributed by atoms with Gasteiger partial charge in [0, 0.05) is 17.8 Å². The maximum absolute atomic E-state index is 11.4. The van der Waals surface area contributed by atoms with Gasteiger partial charge in [-0.2, -0.15) is 0 Å². The van der Waals surface area contributed by atoms with E-state index in [0.29, 0.717) is 5.92 Å². The van der Waals surface area contributed by atoms with E-state index in [1.54, 1.807) is 0 Å². The Hall–Kier alpha value is -1.72. The molecule has 0 saturated heterocycles. The van der Waals surface area contributed by atoms with Gasteiger partial charge in [0.1, 0.15) is 12.6 Å². The van der Waals surface area contributed by atoms with E-state index in [9.17, 15) is 9.59 Å². The highest BCUT2D eigenvalue weighted by atomic mass is 16.1. The number of unbranched alkanes of at least 4 members (excludes halogenated alkanes) is 2. The summed E-state index contributed by atoms with van der Waals surface area (Å²) in [6.07, 6.45) is 17.2. The lowest BCUT2D eigenvalue weighted by Gasteiger charge is -2.26. The zero-order valence-corrected chi connectivity index (χ0v) is 32.2. The molecule has 0 amide bonds. The van der Waals surface area contributed by atoms with Gasteiger partial charge in [-0.15, -0.1) is 6.58 Å². The number of allylic oxidation sites excluding steroid dienone is 2. The van der Waals surface area contributed by atoms with Crippen molar-refractivity contribution in [2.45, 2.75) is 173 Å². The van der Waals surface area contributed by atoms with Gasteiger partial charge in [-0.25, -0.2) is 0 Å². The molecule has 262 valence electrons. The van der Waals surface area contributed by atoms with Crippen LogP contribution in [0, 0.1) is 11.8 Å². The molecule has 5 heteroatoms. The van der Waals surface area contributed by atoms with Crippen molar-refractivity contribution in [2.24, 2.45) is 17.6 Å². The molecule has 4 N–H and O–H groups in total. The monoisotopic (exact) mass is 614 g/mol. The van der Waals surface area contributed by atoms with E-state index in [2.05, 4.69) is 65.3 Å². The highest BCUT2D eigenvalue weighted by molar-refractivity contribution is 5.75. The number of nitrogens with two attached hydrogens (primary N) is 1. The predicted molar refractivity (Wildman–Crippen MR) is 201 cm³/mol. The smallest absolute Gasteiger partial charge is 0.147 e. The topological polar surface area (TPSA) is 84.2 Å². The number of hydrogen-bond acceptors (Lipinski definition) is 5. The average Bonchev–Trinajstić information content (AvgIpc) is 3.03. The van der Waals surface area contributed by atoms with Gasteiger partial charge in [0.15, 0.2) is 0 Å². The third kappa shape index (κ3) is 50.2. The molecule has 0 heterocycles. The van der Waals surface area contributed by atoms with Gasteiger partial charge in [0.2, 0.25) is 0 Å². The lowest BCUT2D eigenvalue weighted by Crippen LogP contribution is -2.33. The minimum Gasteiger partial charge on any atom is -0.382 e. The maximum Gasteiger partial charge on any atom is 0.147 e. The van der Waals surface area contributed by atoms with Crippen LogP contribution in [0.1, 0.15) is 161 Å². The van der Waals surface area contributed by atoms with Gasteiger partial charge in [-0.05, 0) is 44.6 Å². The van der Waals surface area contributed by atoms with Crippen molar-refractivity contribution in [3.05, 3.63) is 36.6 Å². The average molecular weight is 614 g/mol. The van der Waals surface area contributed by atoms with Crippen molar-refractivity contribution in [1.29, 1.82) is 0 Å². The fraction of sp³-hybridized carbons (Fsp3) is 0.789. The van der Waals surface area contributed by atoms with Crippen LogP contribution < -0.4 is 16.4 Å². The Bertz CT molecular complexity index is 537. The summed E-state index contributed by atoms with van der Waals surface area (Å²) in [5, 5.41) is 6.48. The summed E-state index contributed by atoms with van der Waals surface area (Å²) in [5.74, 6) is 0.811. The summed E-state index contributed by atoms with van der Waals surface area (Å²) in [7, 11) is 1.89. The molecule has 0 aliphatic rings. The highest BCUT2D eigenvalue weighted by Crippen LogP contribution is 2.23. The van der Waals surface area contributed by atoms with E-state index in [1.807, 2.05) is 74.6 Å². The number of nitrogens with one attached hydrogen (secondary N) is 2. The number of aldehydes is 2. The molecule has 0 rings (SSSR count). The van der Waals surface area contributed by atoms with Gasteiger partial charge in [0.25, 0.3) is 0 Å². The second kappa shape index (κ2) is 56.1. The van der Waals surface area contributed by atoms with Crippen LogP contribution in [0.15, 0.2) is 36.6 Å². The number of carbonyl (C=O) groups excluding carboxylic acids is 2. The molecule has 0 bridgehead atoms. The molecule has 0 aromatic rings. The van der Waals surface area contributed by atoms with Crippen LogP contribution in [0.4, 0.5) is 0 Å². The van der Waals surface area contributed by atoms with Gasteiger partial charge in [0.05, 0.1) is 12.1 Å². The van der Waals surface area contributed by atoms with Gasteiger partial charge >= 0.3 is 0 Å². The zero-order chi connectivity index (χ0) is 35.5. The molecule has 0 aromatic carbocycles. The molecule has 0 spiro atoms. The van der Waals surface area contributed by atoms with E-state index in [0.717, 1.165) is 49.6 Å². The number of rotatable bonds is 18. The molecule has 2 atom stereocenters. The second-order valence-corrected chi connectivity index (χ2v) is 9.73. The summed E-state index contributed by atoms with van der Waals surface area (Å²) in [6.45, 7) is 37.5. The minimum atomic E-state index is -0.278.